The summed E-state index contributed by atoms with van der Waals surface area (Å²) in [5.41, 5.74) is 1.17. The molecule has 0 fully saturated rings. The molecule has 1 atom stereocenters. The molecule has 0 aliphatic heterocycles. The van der Waals surface area contributed by atoms with E-state index in [1.54, 1.807) is 24.3 Å². The van der Waals surface area contributed by atoms with Gasteiger partial charge in [-0.2, -0.15) is 0 Å². The molecule has 1 aromatic heterocycles. The maximum absolute atomic E-state index is 13.3. The lowest BCUT2D eigenvalue weighted by molar-refractivity contribution is 0.0944. The summed E-state index contributed by atoms with van der Waals surface area (Å²) in [4.78, 5) is 30.9. The molecule has 6 heteroatoms. The number of carbonyl (C=O) groups excluding carboxylic acids is 1. The number of hydrogen-bond donors (Lipinski definition) is 0. The van der Waals surface area contributed by atoms with Crippen molar-refractivity contribution in [1.82, 2.24) is 9.55 Å². The van der Waals surface area contributed by atoms with Gasteiger partial charge in [0.15, 0.2) is 5.78 Å². The summed E-state index contributed by atoms with van der Waals surface area (Å²) in [5, 5.41) is 0.888. The molecule has 0 saturated carbocycles. The van der Waals surface area contributed by atoms with Crippen LogP contribution in [0.4, 0.5) is 0 Å². The Morgan fingerprint density at radius 3 is 2.25 bits per heavy atom. The van der Waals surface area contributed by atoms with Gasteiger partial charge < -0.3 is 0 Å². The predicted molar refractivity (Wildman–Crippen MR) is 111 cm³/mol. The second-order valence-electron chi connectivity index (χ2n) is 6.28. The summed E-state index contributed by atoms with van der Waals surface area (Å²) < 4.78 is 1.33. The van der Waals surface area contributed by atoms with Crippen molar-refractivity contribution in [2.45, 2.75) is 6.04 Å². The lowest BCUT2D eigenvalue weighted by Crippen LogP contribution is -2.31. The van der Waals surface area contributed by atoms with Gasteiger partial charge in [0.1, 0.15) is 6.04 Å². The third kappa shape index (κ3) is 3.33. The third-order valence-corrected chi connectivity index (χ3v) is 5.01. The summed E-state index contributed by atoms with van der Waals surface area (Å²) in [6.45, 7) is 0. The lowest BCUT2D eigenvalue weighted by atomic mass is 9.97. The molecule has 1 heterocycles. The molecule has 0 radical (unpaired) electrons. The van der Waals surface area contributed by atoms with Gasteiger partial charge in [0.2, 0.25) is 0 Å². The van der Waals surface area contributed by atoms with Crippen LogP contribution >= 0.6 is 23.2 Å². The van der Waals surface area contributed by atoms with Crippen LogP contribution < -0.4 is 5.56 Å². The summed E-state index contributed by atoms with van der Waals surface area (Å²) in [6, 6.07) is 20.2. The highest BCUT2D eigenvalue weighted by molar-refractivity contribution is 6.38. The number of hydrogen-bond acceptors (Lipinski definition) is 3. The SMILES string of the molecule is O=C(c1ccccc1)[C@H](c1ccccc1)n1cnc2c(Cl)cc(Cl)cc2c1=O. The third-order valence-electron chi connectivity index (χ3n) is 4.50. The van der Waals surface area contributed by atoms with Gasteiger partial charge in [-0.1, -0.05) is 83.9 Å². The Kier molecular flexibility index (Phi) is 4.99. The zero-order valence-corrected chi connectivity index (χ0v) is 16.1. The van der Waals surface area contributed by atoms with Crippen molar-refractivity contribution in [3.63, 3.8) is 0 Å². The second-order valence-corrected chi connectivity index (χ2v) is 7.13. The summed E-state index contributed by atoms with van der Waals surface area (Å²) in [5.74, 6) is -0.205. The number of halogens is 2. The van der Waals surface area contributed by atoms with Crippen LogP contribution in [-0.2, 0) is 0 Å². The molecular weight excluding hydrogens is 395 g/mol. The molecule has 0 unspecified atom stereocenters. The number of ketones is 1. The first-order chi connectivity index (χ1) is 13.6. The van der Waals surface area contributed by atoms with Gasteiger partial charge in [-0.25, -0.2) is 4.98 Å². The molecular formula is C22H14Cl2N2O2. The molecule has 28 heavy (non-hydrogen) atoms. The normalized spacial score (nSPS) is 12.1. The van der Waals surface area contributed by atoms with Crippen LogP contribution in [0.25, 0.3) is 10.9 Å². The maximum Gasteiger partial charge on any atom is 0.262 e. The van der Waals surface area contributed by atoms with E-state index in [4.69, 9.17) is 23.2 Å². The van der Waals surface area contributed by atoms with Crippen LogP contribution in [0.5, 0.6) is 0 Å². The molecule has 4 aromatic rings. The number of aromatic nitrogens is 2. The van der Waals surface area contributed by atoms with E-state index >= 15 is 0 Å². The van der Waals surface area contributed by atoms with Crippen LogP contribution in [0, 0.1) is 0 Å². The van der Waals surface area contributed by atoms with E-state index in [0.717, 1.165) is 0 Å². The quantitative estimate of drug-likeness (QED) is 0.437. The van der Waals surface area contributed by atoms with Crippen LogP contribution in [-0.4, -0.2) is 15.3 Å². The Labute approximate surface area is 171 Å². The van der Waals surface area contributed by atoms with Crippen LogP contribution in [0.15, 0.2) is 83.9 Å². The smallest absolute Gasteiger partial charge is 0.262 e. The first-order valence-electron chi connectivity index (χ1n) is 8.56. The minimum absolute atomic E-state index is 0.205. The molecule has 0 amide bonds. The van der Waals surface area contributed by atoms with Gasteiger partial charge in [-0.3, -0.25) is 14.2 Å². The minimum atomic E-state index is -0.856. The van der Waals surface area contributed by atoms with Gasteiger partial charge in [0.05, 0.1) is 22.3 Å². The topological polar surface area (TPSA) is 52.0 Å². The fraction of sp³-hybridized carbons (Fsp3) is 0.0455. The molecule has 4 nitrogen and oxygen atoms in total. The van der Waals surface area contributed by atoms with Gasteiger partial charge in [0.25, 0.3) is 5.56 Å². The van der Waals surface area contributed by atoms with Crippen molar-refractivity contribution >= 4 is 39.9 Å². The van der Waals surface area contributed by atoms with Crippen LogP contribution in [0.3, 0.4) is 0 Å². The van der Waals surface area contributed by atoms with Gasteiger partial charge >= 0.3 is 0 Å². The number of Topliss-reactive ketones (excluding diaryl/α,β-unsaturated/α-hetero) is 1. The van der Waals surface area contributed by atoms with Gasteiger partial charge in [-0.05, 0) is 17.7 Å². The Hall–Kier alpha value is -2.95. The summed E-state index contributed by atoms with van der Waals surface area (Å²) in [7, 11) is 0. The second kappa shape index (κ2) is 7.58. The Morgan fingerprint density at radius 2 is 1.57 bits per heavy atom. The fourth-order valence-corrected chi connectivity index (χ4v) is 3.73. The van der Waals surface area contributed by atoms with E-state index in [9.17, 15) is 9.59 Å². The zero-order valence-electron chi connectivity index (χ0n) is 14.5. The van der Waals surface area contributed by atoms with E-state index < -0.39 is 6.04 Å². The molecule has 4 rings (SSSR count). The Balaban J connectivity index is 1.96. The van der Waals surface area contributed by atoms with Gasteiger partial charge in [0, 0.05) is 10.6 Å². The van der Waals surface area contributed by atoms with E-state index in [0.29, 0.717) is 21.7 Å². The standard InChI is InChI=1S/C22H14Cl2N2O2/c23-16-11-17-19(18(24)12-16)25-13-26(22(17)28)20(14-7-3-1-4-8-14)21(27)15-9-5-2-6-10-15/h1-13,20H/t20-/m0/s1. The number of rotatable bonds is 4. The van der Waals surface area contributed by atoms with Crippen molar-refractivity contribution in [1.29, 1.82) is 0 Å². The van der Waals surface area contributed by atoms with Crippen LogP contribution in [0.1, 0.15) is 22.0 Å². The molecule has 138 valence electrons. The largest absolute Gasteiger partial charge is 0.291 e. The van der Waals surface area contributed by atoms with Crippen molar-refractivity contribution < 1.29 is 4.79 Å². The number of nitrogens with zero attached hydrogens (tertiary/aromatic N) is 2. The van der Waals surface area contributed by atoms with E-state index in [1.165, 1.54) is 23.0 Å². The zero-order chi connectivity index (χ0) is 19.7. The first kappa shape index (κ1) is 18.4. The van der Waals surface area contributed by atoms with Crippen molar-refractivity contribution in [2.75, 3.05) is 0 Å². The number of carbonyl (C=O) groups is 1. The molecule has 0 saturated heterocycles. The lowest BCUT2D eigenvalue weighted by Gasteiger charge is -2.19. The highest BCUT2D eigenvalue weighted by Gasteiger charge is 2.26. The number of fused-ring (bicyclic) bond motifs is 1. The fourth-order valence-electron chi connectivity index (χ4n) is 3.19. The average Bonchev–Trinajstić information content (AvgIpc) is 2.71. The molecule has 0 spiro atoms. The molecule has 0 bridgehead atoms. The first-order valence-corrected chi connectivity index (χ1v) is 9.32. The van der Waals surface area contributed by atoms with Crippen molar-refractivity contribution in [3.8, 4) is 0 Å². The van der Waals surface area contributed by atoms with Gasteiger partial charge in [-0.15, -0.1) is 0 Å². The van der Waals surface area contributed by atoms with E-state index in [1.807, 2.05) is 36.4 Å². The predicted octanol–water partition coefficient (Wildman–Crippen LogP) is 5.18. The van der Waals surface area contributed by atoms with Crippen molar-refractivity contribution in [2.24, 2.45) is 0 Å². The highest BCUT2D eigenvalue weighted by atomic mass is 35.5. The molecule has 0 aliphatic rings. The molecule has 0 aliphatic carbocycles. The molecule has 0 N–H and O–H groups in total. The summed E-state index contributed by atoms with van der Waals surface area (Å²) >= 11 is 12.3. The average molecular weight is 409 g/mol. The van der Waals surface area contributed by atoms with Crippen LogP contribution in [0.2, 0.25) is 10.0 Å². The number of benzene rings is 3. The Bertz CT molecular complexity index is 1220. The minimum Gasteiger partial charge on any atom is -0.291 e. The maximum atomic E-state index is 13.3. The van der Waals surface area contributed by atoms with Crippen molar-refractivity contribution in [3.05, 3.63) is 111 Å². The van der Waals surface area contributed by atoms with E-state index in [2.05, 4.69) is 4.98 Å². The Morgan fingerprint density at radius 1 is 0.929 bits per heavy atom. The summed E-state index contributed by atoms with van der Waals surface area (Å²) in [6.07, 6.45) is 1.36. The monoisotopic (exact) mass is 408 g/mol. The van der Waals surface area contributed by atoms with E-state index in [-0.39, 0.29) is 21.8 Å². The highest BCUT2D eigenvalue weighted by Crippen LogP contribution is 2.26. The molecule has 3 aromatic carbocycles.